The van der Waals surface area contributed by atoms with E-state index in [1.807, 2.05) is 84.9 Å². The lowest BCUT2D eigenvalue weighted by Gasteiger charge is -2.18. The van der Waals surface area contributed by atoms with Crippen LogP contribution in [0.5, 0.6) is 0 Å². The highest BCUT2D eigenvalue weighted by Gasteiger charge is 2.20. The molecule has 0 unspecified atom stereocenters. The molecule has 51 heavy (non-hydrogen) atoms. The molecule has 0 spiro atoms. The van der Waals surface area contributed by atoms with E-state index in [4.69, 9.17) is 0 Å². The summed E-state index contributed by atoms with van der Waals surface area (Å²) in [6, 6.07) is 60.1. The quantitative estimate of drug-likeness (QED) is 0.179. The number of nitriles is 3. The second-order valence-electron chi connectivity index (χ2n) is 12.6. The van der Waals surface area contributed by atoms with Gasteiger partial charge in [0.1, 0.15) is 6.07 Å². The summed E-state index contributed by atoms with van der Waals surface area (Å²) < 4.78 is 2.09. The van der Waals surface area contributed by atoms with E-state index < -0.39 is 0 Å². The third kappa shape index (κ3) is 4.66. The summed E-state index contributed by atoms with van der Waals surface area (Å²) in [4.78, 5) is 0. The van der Waals surface area contributed by atoms with E-state index in [1.165, 1.54) is 5.56 Å². The topological polar surface area (TPSA) is 76.3 Å². The Labute approximate surface area is 294 Å². The van der Waals surface area contributed by atoms with Gasteiger partial charge in [-0.25, -0.2) is 0 Å². The third-order valence-electron chi connectivity index (χ3n) is 9.90. The van der Waals surface area contributed by atoms with E-state index in [1.54, 1.807) is 0 Å². The third-order valence-corrected chi connectivity index (χ3v) is 9.90. The molecule has 9 aromatic rings. The highest BCUT2D eigenvalue weighted by atomic mass is 15.0. The lowest BCUT2D eigenvalue weighted by molar-refractivity contribution is 1.17. The zero-order valence-electron chi connectivity index (χ0n) is 27.3. The van der Waals surface area contributed by atoms with E-state index >= 15 is 0 Å². The molecular weight excluding hydrogens is 621 g/mol. The van der Waals surface area contributed by atoms with E-state index in [0.717, 1.165) is 76.9 Å². The molecule has 0 aliphatic carbocycles. The summed E-state index contributed by atoms with van der Waals surface area (Å²) in [6.07, 6.45) is 0. The first-order valence-corrected chi connectivity index (χ1v) is 16.7. The summed E-state index contributed by atoms with van der Waals surface area (Å²) in [5, 5.41) is 37.0. The van der Waals surface area contributed by atoms with Gasteiger partial charge in [0.05, 0.1) is 45.5 Å². The van der Waals surface area contributed by atoms with Crippen LogP contribution in [0.4, 0.5) is 0 Å². The minimum absolute atomic E-state index is 0.510. The van der Waals surface area contributed by atoms with E-state index in [2.05, 4.69) is 95.6 Å². The van der Waals surface area contributed by atoms with Crippen molar-refractivity contribution in [3.8, 4) is 57.3 Å². The first kappa shape index (κ1) is 29.7. The fraction of sp³-hybridized carbons (Fsp3) is 0. The van der Waals surface area contributed by atoms with Gasteiger partial charge in [-0.3, -0.25) is 0 Å². The second kappa shape index (κ2) is 11.9. The van der Waals surface area contributed by atoms with Crippen molar-refractivity contribution in [3.05, 3.63) is 174 Å². The molecule has 1 aromatic heterocycles. The van der Waals surface area contributed by atoms with Crippen LogP contribution in [0.3, 0.4) is 0 Å². The smallest absolute Gasteiger partial charge is 0.101 e. The molecule has 0 atom stereocenters. The number of aromatic nitrogens is 1. The van der Waals surface area contributed by atoms with Crippen LogP contribution in [0.15, 0.2) is 158 Å². The number of hydrogen-bond acceptors (Lipinski definition) is 3. The van der Waals surface area contributed by atoms with Crippen LogP contribution in [0.2, 0.25) is 0 Å². The van der Waals surface area contributed by atoms with E-state index in [-0.39, 0.29) is 0 Å². The number of hydrogen-bond donors (Lipinski definition) is 0. The maximum Gasteiger partial charge on any atom is 0.101 e. The van der Waals surface area contributed by atoms with Crippen molar-refractivity contribution in [2.45, 2.75) is 0 Å². The first-order chi connectivity index (χ1) is 25.2. The first-order valence-electron chi connectivity index (χ1n) is 16.7. The number of para-hydroxylation sites is 1. The molecule has 0 saturated carbocycles. The Kier molecular flexibility index (Phi) is 6.93. The van der Waals surface area contributed by atoms with Crippen LogP contribution in [0, 0.1) is 34.0 Å². The van der Waals surface area contributed by atoms with Gasteiger partial charge in [-0.15, -0.1) is 0 Å². The Morgan fingerprint density at radius 2 is 0.922 bits per heavy atom. The number of nitrogens with zero attached hydrogens (tertiary/aromatic N) is 4. The predicted molar refractivity (Wildman–Crippen MR) is 206 cm³/mol. The average Bonchev–Trinajstić information content (AvgIpc) is 3.53. The van der Waals surface area contributed by atoms with Crippen LogP contribution in [0.1, 0.15) is 16.7 Å². The zero-order chi connectivity index (χ0) is 34.5. The van der Waals surface area contributed by atoms with Crippen molar-refractivity contribution in [1.29, 1.82) is 15.8 Å². The molecule has 234 valence electrons. The number of fused-ring (bicyclic) bond motifs is 5. The van der Waals surface area contributed by atoms with Crippen LogP contribution < -0.4 is 0 Å². The molecule has 0 aliphatic rings. The molecule has 4 heteroatoms. The van der Waals surface area contributed by atoms with Crippen LogP contribution in [0.25, 0.3) is 82.4 Å². The highest BCUT2D eigenvalue weighted by Crippen LogP contribution is 2.45. The Hall–Kier alpha value is -7.45. The van der Waals surface area contributed by atoms with Gasteiger partial charge in [0.2, 0.25) is 0 Å². The lowest BCUT2D eigenvalue weighted by atomic mass is 9.84. The number of benzene rings is 8. The molecule has 0 bridgehead atoms. The summed E-state index contributed by atoms with van der Waals surface area (Å²) in [6.45, 7) is 0. The maximum atomic E-state index is 10.6. The normalized spacial score (nSPS) is 11.1. The summed E-state index contributed by atoms with van der Waals surface area (Å²) in [5.74, 6) is 0. The largest absolute Gasteiger partial charge is 0.308 e. The second-order valence-corrected chi connectivity index (χ2v) is 12.6. The molecule has 0 radical (unpaired) electrons. The van der Waals surface area contributed by atoms with Gasteiger partial charge in [-0.05, 0) is 91.8 Å². The van der Waals surface area contributed by atoms with Crippen LogP contribution in [-0.4, -0.2) is 4.57 Å². The maximum absolute atomic E-state index is 10.6. The molecule has 0 amide bonds. The Morgan fingerprint density at radius 3 is 1.57 bits per heavy atom. The van der Waals surface area contributed by atoms with Gasteiger partial charge >= 0.3 is 0 Å². The van der Waals surface area contributed by atoms with Crippen molar-refractivity contribution in [2.75, 3.05) is 0 Å². The Balaban J connectivity index is 1.21. The molecule has 1 heterocycles. The van der Waals surface area contributed by atoms with E-state index in [0.29, 0.717) is 16.7 Å². The fourth-order valence-electron chi connectivity index (χ4n) is 7.67. The molecule has 0 aliphatic heterocycles. The molecule has 0 saturated heterocycles. The molecule has 8 aromatic carbocycles. The van der Waals surface area contributed by atoms with Crippen molar-refractivity contribution >= 4 is 43.4 Å². The lowest BCUT2D eigenvalue weighted by Crippen LogP contribution is -1.98. The molecular formula is C47H26N4. The average molecular weight is 647 g/mol. The summed E-state index contributed by atoms with van der Waals surface area (Å²) in [7, 11) is 0. The minimum Gasteiger partial charge on any atom is -0.308 e. The Morgan fingerprint density at radius 1 is 0.373 bits per heavy atom. The molecule has 0 N–H and O–H groups in total. The summed E-state index contributed by atoms with van der Waals surface area (Å²) in [5.41, 5.74) is 10.2. The SMILES string of the molecule is N#Cc1ccc2c(c1)c1ccccc1n2-c1ccc(-c2ccc(-c3c4ccccc4c(-c4ccccc4)c4ccccc34)c(C#N)c2)cc1C#N. The van der Waals surface area contributed by atoms with Gasteiger partial charge in [-0.2, -0.15) is 15.8 Å². The van der Waals surface area contributed by atoms with Gasteiger partial charge < -0.3 is 4.57 Å². The highest BCUT2D eigenvalue weighted by molar-refractivity contribution is 6.21. The van der Waals surface area contributed by atoms with Crippen molar-refractivity contribution in [2.24, 2.45) is 0 Å². The zero-order valence-corrected chi connectivity index (χ0v) is 27.3. The van der Waals surface area contributed by atoms with Gasteiger partial charge in [0.15, 0.2) is 0 Å². The van der Waals surface area contributed by atoms with Crippen molar-refractivity contribution in [1.82, 2.24) is 4.57 Å². The van der Waals surface area contributed by atoms with Gasteiger partial charge in [0.25, 0.3) is 0 Å². The van der Waals surface area contributed by atoms with Crippen molar-refractivity contribution in [3.63, 3.8) is 0 Å². The van der Waals surface area contributed by atoms with Crippen LogP contribution >= 0.6 is 0 Å². The van der Waals surface area contributed by atoms with E-state index in [9.17, 15) is 15.8 Å². The molecule has 4 nitrogen and oxygen atoms in total. The molecule has 0 fully saturated rings. The van der Waals surface area contributed by atoms with Crippen molar-refractivity contribution < 1.29 is 0 Å². The number of rotatable bonds is 4. The Bertz CT molecular complexity index is 2940. The van der Waals surface area contributed by atoms with Crippen LogP contribution in [-0.2, 0) is 0 Å². The summed E-state index contributed by atoms with van der Waals surface area (Å²) >= 11 is 0. The standard InChI is InChI=1S/C47H26N4/c48-27-30-18-22-45-42(24-30)37-12-8-9-17-44(37)51(45)43-23-20-33(26-35(43)29-50)32-19-21-36(34(25-32)28-49)47-40-15-6-4-13-38(40)46(31-10-2-1-3-11-31)39-14-5-7-16-41(39)47/h1-26H. The minimum atomic E-state index is 0.510. The predicted octanol–water partition coefficient (Wildman–Crippen LogP) is 11.7. The molecule has 9 rings (SSSR count). The van der Waals surface area contributed by atoms with Gasteiger partial charge in [-0.1, -0.05) is 115 Å². The van der Waals surface area contributed by atoms with Gasteiger partial charge in [0, 0.05) is 16.3 Å². The monoisotopic (exact) mass is 646 g/mol. The fourth-order valence-corrected chi connectivity index (χ4v) is 7.67.